The van der Waals surface area contributed by atoms with Gasteiger partial charge in [0.25, 0.3) is 0 Å². The number of nitrogens with zero attached hydrogens (tertiary/aromatic N) is 2. The van der Waals surface area contributed by atoms with Crippen LogP contribution in [0.15, 0.2) is 18.2 Å². The van der Waals surface area contributed by atoms with Crippen molar-refractivity contribution < 1.29 is 23.1 Å². The van der Waals surface area contributed by atoms with E-state index in [9.17, 15) is 23.1 Å². The number of pyridine rings is 1. The van der Waals surface area contributed by atoms with Gasteiger partial charge in [-0.1, -0.05) is 6.07 Å². The van der Waals surface area contributed by atoms with E-state index in [4.69, 9.17) is 0 Å². The third-order valence-corrected chi connectivity index (χ3v) is 3.72. The fourth-order valence-electron chi connectivity index (χ4n) is 2.40. The molecule has 6 nitrogen and oxygen atoms in total. The summed E-state index contributed by atoms with van der Waals surface area (Å²) < 4.78 is 37.7. The number of aromatic nitrogens is 1. The highest BCUT2D eigenvalue weighted by Gasteiger charge is 2.32. The first-order chi connectivity index (χ1) is 10.8. The summed E-state index contributed by atoms with van der Waals surface area (Å²) in [5, 5.41) is 15.3. The molecule has 2 amide bonds. The number of urea groups is 1. The first kappa shape index (κ1) is 17.5. The third-order valence-electron chi connectivity index (χ3n) is 3.72. The molecule has 1 aromatic heterocycles. The molecular formula is C14H19F3N4O2. The van der Waals surface area contributed by atoms with Crippen LogP contribution in [-0.2, 0) is 12.6 Å². The lowest BCUT2D eigenvalue weighted by atomic mass is 10.2. The summed E-state index contributed by atoms with van der Waals surface area (Å²) in [6.07, 6.45) is -4.92. The van der Waals surface area contributed by atoms with E-state index >= 15 is 0 Å². The van der Waals surface area contributed by atoms with Crippen LogP contribution in [0.3, 0.4) is 0 Å². The maximum Gasteiger partial charge on any atom is 0.433 e. The van der Waals surface area contributed by atoms with Gasteiger partial charge in [0, 0.05) is 38.8 Å². The average molecular weight is 332 g/mol. The molecule has 2 atom stereocenters. The zero-order valence-corrected chi connectivity index (χ0v) is 12.6. The molecule has 1 aliphatic rings. The molecule has 0 unspecified atom stereocenters. The van der Waals surface area contributed by atoms with Crippen LogP contribution in [0.2, 0.25) is 0 Å². The van der Waals surface area contributed by atoms with E-state index in [1.807, 2.05) is 0 Å². The van der Waals surface area contributed by atoms with Gasteiger partial charge < -0.3 is 20.6 Å². The number of alkyl halides is 3. The molecule has 1 fully saturated rings. The summed E-state index contributed by atoms with van der Waals surface area (Å²) in [5.74, 6) is 0. The van der Waals surface area contributed by atoms with Crippen molar-refractivity contribution in [1.82, 2.24) is 20.5 Å². The van der Waals surface area contributed by atoms with Gasteiger partial charge in [-0.25, -0.2) is 9.78 Å². The first-order valence-corrected chi connectivity index (χ1v) is 7.21. The van der Waals surface area contributed by atoms with E-state index in [0.29, 0.717) is 13.1 Å². The van der Waals surface area contributed by atoms with E-state index < -0.39 is 18.0 Å². The summed E-state index contributed by atoms with van der Waals surface area (Å²) in [6, 6.07) is 2.98. The molecule has 0 bridgehead atoms. The van der Waals surface area contributed by atoms with Gasteiger partial charge in [-0.15, -0.1) is 0 Å². The molecule has 0 spiro atoms. The molecule has 1 saturated heterocycles. The first-order valence-electron chi connectivity index (χ1n) is 7.21. The highest BCUT2D eigenvalue weighted by atomic mass is 19.4. The second-order valence-corrected chi connectivity index (χ2v) is 5.40. The van der Waals surface area contributed by atoms with Crippen molar-refractivity contribution in [2.75, 3.05) is 26.7 Å². The summed E-state index contributed by atoms with van der Waals surface area (Å²) in [5.41, 5.74) is -0.691. The fourth-order valence-corrected chi connectivity index (χ4v) is 2.40. The Hall–Kier alpha value is -1.87. The van der Waals surface area contributed by atoms with Gasteiger partial charge >= 0.3 is 12.2 Å². The van der Waals surface area contributed by atoms with Crippen LogP contribution in [0.25, 0.3) is 0 Å². The molecule has 1 aromatic rings. The van der Waals surface area contributed by atoms with Gasteiger partial charge in [0.1, 0.15) is 5.69 Å². The molecule has 23 heavy (non-hydrogen) atoms. The van der Waals surface area contributed by atoms with Gasteiger partial charge in [-0.3, -0.25) is 0 Å². The standard InChI is InChI=1S/C14H19F3N4O2/c1-21(10-7-18-8-11(10)22)13(23)19-6-5-9-3-2-4-12(20-9)14(15,16)17/h2-4,10-11,18,22H,5-8H2,1H3,(H,19,23)/t10-,11-/m0/s1. The predicted octanol–water partition coefficient (Wildman–Crippen LogP) is 0.617. The minimum Gasteiger partial charge on any atom is -0.390 e. The topological polar surface area (TPSA) is 77.5 Å². The Balaban J connectivity index is 1.84. The number of nitrogens with one attached hydrogen (secondary N) is 2. The van der Waals surface area contributed by atoms with Crippen molar-refractivity contribution in [1.29, 1.82) is 0 Å². The third kappa shape index (κ3) is 4.55. The quantitative estimate of drug-likeness (QED) is 0.755. The summed E-state index contributed by atoms with van der Waals surface area (Å²) in [6.45, 7) is 1.09. The molecule has 2 heterocycles. The van der Waals surface area contributed by atoms with Crippen LogP contribution in [0, 0.1) is 0 Å². The number of β-amino-alcohol motifs (C(OH)–C–C–N with tert-alkyl or cyclic N) is 1. The number of likely N-dealkylation sites (N-methyl/N-ethyl adjacent to an activating group) is 1. The second-order valence-electron chi connectivity index (χ2n) is 5.40. The Kier molecular flexibility index (Phi) is 5.42. The Labute approximate surface area is 131 Å². The van der Waals surface area contributed by atoms with E-state index in [0.717, 1.165) is 6.07 Å². The Morgan fingerprint density at radius 3 is 2.83 bits per heavy atom. The number of hydrogen-bond acceptors (Lipinski definition) is 4. The van der Waals surface area contributed by atoms with E-state index in [2.05, 4.69) is 15.6 Å². The summed E-state index contributed by atoms with van der Waals surface area (Å²) >= 11 is 0. The minimum atomic E-state index is -4.48. The molecule has 0 aliphatic carbocycles. The molecule has 0 radical (unpaired) electrons. The largest absolute Gasteiger partial charge is 0.433 e. The lowest BCUT2D eigenvalue weighted by Crippen LogP contribution is -2.49. The lowest BCUT2D eigenvalue weighted by Gasteiger charge is -2.26. The smallest absolute Gasteiger partial charge is 0.390 e. The van der Waals surface area contributed by atoms with E-state index in [-0.39, 0.29) is 30.7 Å². The predicted molar refractivity (Wildman–Crippen MR) is 76.8 cm³/mol. The van der Waals surface area contributed by atoms with Crippen molar-refractivity contribution >= 4 is 6.03 Å². The Morgan fingerprint density at radius 2 is 2.22 bits per heavy atom. The number of halogens is 3. The molecule has 128 valence electrons. The SMILES string of the molecule is CN(C(=O)NCCc1cccc(C(F)(F)F)n1)[C@H]1CNC[C@@H]1O. The highest BCUT2D eigenvalue weighted by molar-refractivity contribution is 5.74. The van der Waals surface area contributed by atoms with Gasteiger partial charge in [0.2, 0.25) is 0 Å². The summed E-state index contributed by atoms with van der Waals surface area (Å²) in [7, 11) is 1.57. The minimum absolute atomic E-state index is 0.160. The van der Waals surface area contributed by atoms with Crippen LogP contribution in [-0.4, -0.2) is 59.8 Å². The zero-order chi connectivity index (χ0) is 17.0. The molecule has 2 rings (SSSR count). The molecule has 1 aliphatic heterocycles. The number of carbonyl (C=O) groups is 1. The monoisotopic (exact) mass is 332 g/mol. The van der Waals surface area contributed by atoms with Gasteiger partial charge in [-0.05, 0) is 12.1 Å². The lowest BCUT2D eigenvalue weighted by molar-refractivity contribution is -0.141. The van der Waals surface area contributed by atoms with Crippen LogP contribution >= 0.6 is 0 Å². The number of aliphatic hydroxyl groups excluding tert-OH is 1. The van der Waals surface area contributed by atoms with Crippen molar-refractivity contribution in [3.05, 3.63) is 29.6 Å². The highest BCUT2D eigenvalue weighted by Crippen LogP contribution is 2.27. The zero-order valence-electron chi connectivity index (χ0n) is 12.6. The maximum atomic E-state index is 12.6. The van der Waals surface area contributed by atoms with Gasteiger partial charge in [0.05, 0.1) is 12.1 Å². The van der Waals surface area contributed by atoms with Crippen molar-refractivity contribution in [2.24, 2.45) is 0 Å². The average Bonchev–Trinajstić information content (AvgIpc) is 2.92. The van der Waals surface area contributed by atoms with Crippen LogP contribution < -0.4 is 10.6 Å². The van der Waals surface area contributed by atoms with Crippen molar-refractivity contribution in [3.8, 4) is 0 Å². The van der Waals surface area contributed by atoms with Crippen molar-refractivity contribution in [2.45, 2.75) is 24.7 Å². The maximum absolute atomic E-state index is 12.6. The van der Waals surface area contributed by atoms with Gasteiger partial charge in [-0.2, -0.15) is 13.2 Å². The summed E-state index contributed by atoms with van der Waals surface area (Å²) in [4.78, 5) is 16.9. The number of hydrogen-bond donors (Lipinski definition) is 3. The number of rotatable bonds is 4. The second kappa shape index (κ2) is 7.14. The Bertz CT molecular complexity index is 553. The molecule has 0 aromatic carbocycles. The van der Waals surface area contributed by atoms with E-state index in [1.165, 1.54) is 17.0 Å². The number of carbonyl (C=O) groups excluding carboxylic acids is 1. The number of aliphatic hydroxyl groups is 1. The van der Waals surface area contributed by atoms with Gasteiger partial charge in [0.15, 0.2) is 0 Å². The van der Waals surface area contributed by atoms with E-state index in [1.54, 1.807) is 7.05 Å². The number of amides is 2. The molecule has 9 heteroatoms. The van der Waals surface area contributed by atoms with Crippen LogP contribution in [0.1, 0.15) is 11.4 Å². The van der Waals surface area contributed by atoms with Crippen LogP contribution in [0.5, 0.6) is 0 Å². The van der Waals surface area contributed by atoms with Crippen molar-refractivity contribution in [3.63, 3.8) is 0 Å². The normalized spacial score (nSPS) is 21.3. The Morgan fingerprint density at radius 1 is 1.48 bits per heavy atom. The molecular weight excluding hydrogens is 313 g/mol. The fraction of sp³-hybridized carbons (Fsp3) is 0.571. The molecule has 0 saturated carbocycles. The van der Waals surface area contributed by atoms with Crippen LogP contribution in [0.4, 0.5) is 18.0 Å². The molecule has 3 N–H and O–H groups in total.